The van der Waals surface area contributed by atoms with Crippen LogP contribution in [0.25, 0.3) is 0 Å². The predicted octanol–water partition coefficient (Wildman–Crippen LogP) is 1.74. The van der Waals surface area contributed by atoms with Crippen molar-refractivity contribution in [3.05, 3.63) is 18.2 Å². The number of fused-ring (bicyclic) bond motifs is 1. The highest BCUT2D eigenvalue weighted by Crippen LogP contribution is 2.32. The normalized spacial score (nSPS) is 18.0. The first kappa shape index (κ1) is 8.87. The van der Waals surface area contributed by atoms with Gasteiger partial charge in [0.15, 0.2) is 0 Å². The van der Waals surface area contributed by atoms with E-state index in [4.69, 9.17) is 5.73 Å². The standard InChI is InChI=1S/C10H12N3O/c1-10(2)9(14)12-7-4-3-6(11)5-8(7)13-10/h3-5,11,13H,1-2H3,(H,12,14). The highest BCUT2D eigenvalue weighted by atomic mass is 16.2. The number of nitrogens with one attached hydrogen (secondary N) is 3. The molecule has 0 aliphatic carbocycles. The van der Waals surface area contributed by atoms with E-state index in [0.717, 1.165) is 11.4 Å². The number of hydrogen-bond acceptors (Lipinski definition) is 2. The summed E-state index contributed by atoms with van der Waals surface area (Å²) in [5, 5.41) is 5.89. The summed E-state index contributed by atoms with van der Waals surface area (Å²) < 4.78 is 0. The van der Waals surface area contributed by atoms with Gasteiger partial charge >= 0.3 is 0 Å². The van der Waals surface area contributed by atoms with E-state index in [1.807, 2.05) is 13.8 Å². The Bertz CT molecular complexity index is 398. The largest absolute Gasteiger partial charge is 0.370 e. The van der Waals surface area contributed by atoms with Crippen molar-refractivity contribution < 1.29 is 4.79 Å². The minimum atomic E-state index is -0.610. The highest BCUT2D eigenvalue weighted by Gasteiger charge is 2.32. The van der Waals surface area contributed by atoms with Gasteiger partial charge in [-0.2, -0.15) is 0 Å². The van der Waals surface area contributed by atoms with Crippen LogP contribution in [0.1, 0.15) is 13.8 Å². The Hall–Kier alpha value is -1.71. The van der Waals surface area contributed by atoms with Crippen LogP contribution in [0.15, 0.2) is 18.2 Å². The van der Waals surface area contributed by atoms with Gasteiger partial charge in [0.05, 0.1) is 17.1 Å². The average molecular weight is 190 g/mol. The molecular formula is C10H12N3O. The fraction of sp³-hybridized carbons (Fsp3) is 0.300. The first-order valence-electron chi connectivity index (χ1n) is 4.44. The molecule has 0 atom stereocenters. The van der Waals surface area contributed by atoms with E-state index in [1.54, 1.807) is 18.2 Å². The smallest absolute Gasteiger partial charge is 0.249 e. The van der Waals surface area contributed by atoms with Crippen molar-refractivity contribution in [1.29, 1.82) is 0 Å². The second-order valence-electron chi connectivity index (χ2n) is 3.96. The van der Waals surface area contributed by atoms with Crippen LogP contribution in [0.5, 0.6) is 0 Å². The summed E-state index contributed by atoms with van der Waals surface area (Å²) in [6.07, 6.45) is 0. The summed E-state index contributed by atoms with van der Waals surface area (Å²) in [5.41, 5.74) is 8.83. The van der Waals surface area contributed by atoms with Crippen LogP contribution >= 0.6 is 0 Å². The van der Waals surface area contributed by atoms with Gasteiger partial charge in [-0.1, -0.05) is 0 Å². The lowest BCUT2D eigenvalue weighted by Crippen LogP contribution is -2.47. The zero-order chi connectivity index (χ0) is 10.3. The number of amides is 1. The Labute approximate surface area is 82.5 Å². The molecule has 4 heteroatoms. The Balaban J connectivity index is 2.46. The number of carbonyl (C=O) groups excluding carboxylic acids is 1. The van der Waals surface area contributed by atoms with Crippen molar-refractivity contribution in [2.24, 2.45) is 0 Å². The predicted molar refractivity (Wildman–Crippen MR) is 55.5 cm³/mol. The molecule has 1 heterocycles. The quantitative estimate of drug-likeness (QED) is 0.654. The molecule has 1 amide bonds. The number of rotatable bonds is 0. The van der Waals surface area contributed by atoms with Gasteiger partial charge < -0.3 is 16.4 Å². The second-order valence-corrected chi connectivity index (χ2v) is 3.96. The molecule has 1 radical (unpaired) electrons. The van der Waals surface area contributed by atoms with Crippen LogP contribution in [-0.2, 0) is 4.79 Å². The Kier molecular flexibility index (Phi) is 1.67. The molecule has 4 nitrogen and oxygen atoms in total. The number of anilines is 2. The van der Waals surface area contributed by atoms with Gasteiger partial charge in [0.25, 0.3) is 0 Å². The molecule has 2 rings (SSSR count). The van der Waals surface area contributed by atoms with Crippen molar-refractivity contribution in [1.82, 2.24) is 5.73 Å². The van der Waals surface area contributed by atoms with E-state index >= 15 is 0 Å². The van der Waals surface area contributed by atoms with E-state index in [2.05, 4.69) is 10.6 Å². The van der Waals surface area contributed by atoms with E-state index in [1.165, 1.54) is 0 Å². The molecule has 3 N–H and O–H groups in total. The zero-order valence-corrected chi connectivity index (χ0v) is 8.14. The first-order valence-corrected chi connectivity index (χ1v) is 4.44. The third kappa shape index (κ3) is 1.28. The van der Waals surface area contributed by atoms with Crippen LogP contribution in [0.4, 0.5) is 17.1 Å². The Morgan fingerprint density at radius 3 is 2.71 bits per heavy atom. The molecule has 0 saturated heterocycles. The average Bonchev–Trinajstić information content (AvgIpc) is 2.07. The van der Waals surface area contributed by atoms with Crippen molar-refractivity contribution in [3.8, 4) is 0 Å². The summed E-state index contributed by atoms with van der Waals surface area (Å²) in [6.45, 7) is 3.61. The molecule has 0 spiro atoms. The molecule has 1 aromatic rings. The Morgan fingerprint density at radius 2 is 2.00 bits per heavy atom. The molecule has 1 aliphatic heterocycles. The number of benzene rings is 1. The molecule has 0 saturated carbocycles. The molecular weight excluding hydrogens is 178 g/mol. The lowest BCUT2D eigenvalue weighted by atomic mass is 10.00. The summed E-state index contributed by atoms with van der Waals surface area (Å²) in [7, 11) is 0. The van der Waals surface area contributed by atoms with Gasteiger partial charge in [-0.25, -0.2) is 0 Å². The van der Waals surface area contributed by atoms with Crippen LogP contribution in [0.2, 0.25) is 0 Å². The fourth-order valence-electron chi connectivity index (χ4n) is 1.43. The van der Waals surface area contributed by atoms with Crippen LogP contribution < -0.4 is 16.4 Å². The van der Waals surface area contributed by atoms with Crippen molar-refractivity contribution in [2.45, 2.75) is 19.4 Å². The van der Waals surface area contributed by atoms with Crippen molar-refractivity contribution in [3.63, 3.8) is 0 Å². The van der Waals surface area contributed by atoms with E-state index in [-0.39, 0.29) is 5.91 Å². The topological polar surface area (TPSA) is 64.9 Å². The Morgan fingerprint density at radius 1 is 1.29 bits per heavy atom. The highest BCUT2D eigenvalue weighted by molar-refractivity contribution is 6.05. The minimum absolute atomic E-state index is 0.0530. The fourth-order valence-corrected chi connectivity index (χ4v) is 1.43. The van der Waals surface area contributed by atoms with Gasteiger partial charge in [0.1, 0.15) is 5.54 Å². The summed E-state index contributed by atoms with van der Waals surface area (Å²) >= 11 is 0. The molecule has 1 aromatic carbocycles. The van der Waals surface area contributed by atoms with E-state index in [9.17, 15) is 4.79 Å². The maximum Gasteiger partial charge on any atom is 0.249 e. The van der Waals surface area contributed by atoms with Crippen LogP contribution in [0, 0.1) is 0 Å². The van der Waals surface area contributed by atoms with Gasteiger partial charge in [-0.3, -0.25) is 4.79 Å². The lowest BCUT2D eigenvalue weighted by Gasteiger charge is -2.32. The lowest BCUT2D eigenvalue weighted by molar-refractivity contribution is -0.119. The number of carbonyl (C=O) groups is 1. The minimum Gasteiger partial charge on any atom is -0.370 e. The monoisotopic (exact) mass is 190 g/mol. The van der Waals surface area contributed by atoms with Crippen LogP contribution in [-0.4, -0.2) is 11.4 Å². The third-order valence-electron chi connectivity index (χ3n) is 2.28. The zero-order valence-electron chi connectivity index (χ0n) is 8.14. The maximum atomic E-state index is 11.5. The SMILES string of the molecule is CC1(C)Nc2cc([NH])ccc2NC1=O. The van der Waals surface area contributed by atoms with Gasteiger partial charge in [-0.05, 0) is 32.0 Å². The van der Waals surface area contributed by atoms with Crippen molar-refractivity contribution in [2.75, 3.05) is 10.6 Å². The molecule has 1 aliphatic rings. The first-order chi connectivity index (χ1) is 6.49. The second kappa shape index (κ2) is 2.64. The summed E-state index contributed by atoms with van der Waals surface area (Å²) in [5.74, 6) is -0.0530. The van der Waals surface area contributed by atoms with E-state index in [0.29, 0.717) is 5.69 Å². The van der Waals surface area contributed by atoms with E-state index < -0.39 is 5.54 Å². The van der Waals surface area contributed by atoms with Gasteiger partial charge in [0, 0.05) is 0 Å². The molecule has 73 valence electrons. The molecule has 0 fully saturated rings. The van der Waals surface area contributed by atoms with Crippen molar-refractivity contribution >= 4 is 23.0 Å². The van der Waals surface area contributed by atoms with Gasteiger partial charge in [-0.15, -0.1) is 0 Å². The molecule has 0 bridgehead atoms. The molecule has 0 aromatic heterocycles. The third-order valence-corrected chi connectivity index (χ3v) is 2.28. The molecule has 0 unspecified atom stereocenters. The van der Waals surface area contributed by atoms with Crippen LogP contribution in [0.3, 0.4) is 0 Å². The number of hydrogen-bond donors (Lipinski definition) is 2. The summed E-state index contributed by atoms with van der Waals surface area (Å²) in [4.78, 5) is 11.5. The summed E-state index contributed by atoms with van der Waals surface area (Å²) in [6, 6.07) is 5.09. The van der Waals surface area contributed by atoms with Gasteiger partial charge in [0.2, 0.25) is 5.91 Å². The molecule has 14 heavy (non-hydrogen) atoms. The maximum absolute atomic E-state index is 11.5.